The van der Waals surface area contributed by atoms with Gasteiger partial charge in [0.25, 0.3) is 0 Å². The van der Waals surface area contributed by atoms with Crippen LogP contribution in [0.15, 0.2) is 97.3 Å². The van der Waals surface area contributed by atoms with Crippen LogP contribution >= 0.6 is 11.6 Å². The molecule has 1 unspecified atom stereocenters. The monoisotopic (exact) mass is 572 g/mol. The van der Waals surface area contributed by atoms with Crippen molar-refractivity contribution in [2.45, 2.75) is 38.7 Å². The van der Waals surface area contributed by atoms with Crippen molar-refractivity contribution in [1.82, 2.24) is 30.8 Å². The van der Waals surface area contributed by atoms with Crippen LogP contribution in [-0.2, 0) is 26.2 Å². The molecule has 2 aromatic heterocycles. The molecule has 2 heterocycles. The maximum atomic E-state index is 10.4. The van der Waals surface area contributed by atoms with Crippen molar-refractivity contribution in [2.75, 3.05) is 32.7 Å². The highest BCUT2D eigenvalue weighted by atomic mass is 35.5. The van der Waals surface area contributed by atoms with Gasteiger partial charge in [0.05, 0.1) is 17.5 Å². The standard InChI is InChI=1S/C33H41ClN6O/c34-30-7-5-6-29(22-30)33(41)14-17-35-23-27-10-12-28(13-11-27)26-40(20-18-36-24-31-8-1-3-15-38-31)21-19-37-25-32-9-2-4-16-39-32/h1-13,15-16,22,33,35-37,41H,14,17-21,23-26H2. The molecule has 0 amide bonds. The van der Waals surface area contributed by atoms with E-state index in [2.05, 4.69) is 55.1 Å². The molecule has 0 aliphatic rings. The second kappa shape index (κ2) is 17.6. The molecule has 2 aromatic carbocycles. The van der Waals surface area contributed by atoms with Crippen LogP contribution in [0.4, 0.5) is 0 Å². The first-order valence-electron chi connectivity index (χ1n) is 14.3. The smallest absolute Gasteiger partial charge is 0.0802 e. The van der Waals surface area contributed by atoms with E-state index in [1.54, 1.807) is 0 Å². The number of nitrogens with one attached hydrogen (secondary N) is 3. The maximum absolute atomic E-state index is 10.4. The second-order valence-corrected chi connectivity index (χ2v) is 10.6. The molecule has 216 valence electrons. The van der Waals surface area contributed by atoms with Gasteiger partial charge in [0.15, 0.2) is 0 Å². The first kappa shape index (κ1) is 30.8. The van der Waals surface area contributed by atoms with Gasteiger partial charge in [-0.3, -0.25) is 14.9 Å². The summed E-state index contributed by atoms with van der Waals surface area (Å²) in [5.74, 6) is 0. The quantitative estimate of drug-likeness (QED) is 0.128. The van der Waals surface area contributed by atoms with E-state index in [-0.39, 0.29) is 0 Å². The van der Waals surface area contributed by atoms with Crippen molar-refractivity contribution in [3.8, 4) is 0 Å². The molecule has 0 radical (unpaired) electrons. The Bertz CT molecular complexity index is 1210. The highest BCUT2D eigenvalue weighted by Crippen LogP contribution is 2.19. The summed E-state index contributed by atoms with van der Waals surface area (Å²) in [5.41, 5.74) is 5.48. The van der Waals surface area contributed by atoms with Crippen molar-refractivity contribution < 1.29 is 5.11 Å². The van der Waals surface area contributed by atoms with Crippen molar-refractivity contribution in [1.29, 1.82) is 0 Å². The van der Waals surface area contributed by atoms with Crippen molar-refractivity contribution in [3.05, 3.63) is 130 Å². The summed E-state index contributed by atoms with van der Waals surface area (Å²) in [4.78, 5) is 11.3. The minimum atomic E-state index is -0.522. The van der Waals surface area contributed by atoms with E-state index in [4.69, 9.17) is 11.6 Å². The Morgan fingerprint density at radius 2 is 1.29 bits per heavy atom. The van der Waals surface area contributed by atoms with E-state index in [0.717, 1.165) is 75.9 Å². The molecule has 0 fully saturated rings. The summed E-state index contributed by atoms with van der Waals surface area (Å²) in [6.07, 6.45) is 3.78. The topological polar surface area (TPSA) is 85.3 Å². The third-order valence-electron chi connectivity index (χ3n) is 6.86. The van der Waals surface area contributed by atoms with Crippen LogP contribution in [0.1, 0.15) is 40.6 Å². The molecule has 4 aromatic rings. The van der Waals surface area contributed by atoms with Gasteiger partial charge in [-0.05, 0) is 66.1 Å². The summed E-state index contributed by atoms with van der Waals surface area (Å²) < 4.78 is 0. The first-order valence-corrected chi connectivity index (χ1v) is 14.7. The molecule has 1 atom stereocenters. The van der Waals surface area contributed by atoms with Gasteiger partial charge in [-0.1, -0.05) is 60.1 Å². The average Bonchev–Trinajstić information content (AvgIpc) is 3.01. The Labute approximate surface area is 249 Å². The number of aliphatic hydroxyl groups is 1. The Morgan fingerprint density at radius 1 is 0.683 bits per heavy atom. The van der Waals surface area contributed by atoms with Gasteiger partial charge in [0, 0.05) is 69.8 Å². The lowest BCUT2D eigenvalue weighted by Gasteiger charge is -2.23. The lowest BCUT2D eigenvalue weighted by molar-refractivity contribution is 0.167. The zero-order valence-electron chi connectivity index (χ0n) is 23.6. The lowest BCUT2D eigenvalue weighted by Crippen LogP contribution is -2.36. The molecular weight excluding hydrogens is 532 g/mol. The molecule has 0 saturated heterocycles. The third kappa shape index (κ3) is 11.7. The fourth-order valence-corrected chi connectivity index (χ4v) is 4.75. The fraction of sp³-hybridized carbons (Fsp3) is 0.333. The van der Waals surface area contributed by atoms with Gasteiger partial charge < -0.3 is 21.1 Å². The van der Waals surface area contributed by atoms with E-state index in [1.807, 2.05) is 73.1 Å². The summed E-state index contributed by atoms with van der Waals surface area (Å²) in [6.45, 7) is 7.57. The zero-order chi connectivity index (χ0) is 28.5. The van der Waals surface area contributed by atoms with Crippen LogP contribution in [0, 0.1) is 0 Å². The van der Waals surface area contributed by atoms with Crippen LogP contribution in [0.5, 0.6) is 0 Å². The average molecular weight is 573 g/mol. The summed E-state index contributed by atoms with van der Waals surface area (Å²) in [6, 6.07) is 28.2. The van der Waals surface area contributed by atoms with E-state index in [0.29, 0.717) is 11.4 Å². The normalized spacial score (nSPS) is 12.1. The number of aromatic nitrogens is 2. The number of benzene rings is 2. The van der Waals surface area contributed by atoms with Gasteiger partial charge in [-0.25, -0.2) is 0 Å². The molecular formula is C33H41ClN6O. The van der Waals surface area contributed by atoms with Crippen LogP contribution in [0.2, 0.25) is 5.02 Å². The number of hydrogen-bond donors (Lipinski definition) is 4. The summed E-state index contributed by atoms with van der Waals surface area (Å²) >= 11 is 6.04. The number of pyridine rings is 2. The Kier molecular flexibility index (Phi) is 13.2. The Hall–Kier alpha value is -3.17. The van der Waals surface area contributed by atoms with Crippen molar-refractivity contribution in [2.24, 2.45) is 0 Å². The first-order chi connectivity index (χ1) is 20.2. The minimum Gasteiger partial charge on any atom is -0.388 e. The van der Waals surface area contributed by atoms with E-state index >= 15 is 0 Å². The number of aliphatic hydroxyl groups excluding tert-OH is 1. The van der Waals surface area contributed by atoms with Gasteiger partial charge in [0.2, 0.25) is 0 Å². The summed E-state index contributed by atoms with van der Waals surface area (Å²) in [5, 5.41) is 21.6. The SMILES string of the molecule is OC(CCNCc1ccc(CN(CCNCc2ccccn2)CCNCc2ccccn2)cc1)c1cccc(Cl)c1. The fourth-order valence-electron chi connectivity index (χ4n) is 4.56. The number of hydrogen-bond acceptors (Lipinski definition) is 7. The lowest BCUT2D eigenvalue weighted by atomic mass is 10.1. The highest BCUT2D eigenvalue weighted by Gasteiger charge is 2.09. The molecule has 4 N–H and O–H groups in total. The largest absolute Gasteiger partial charge is 0.388 e. The van der Waals surface area contributed by atoms with Crippen molar-refractivity contribution in [3.63, 3.8) is 0 Å². The number of rotatable bonds is 18. The maximum Gasteiger partial charge on any atom is 0.0802 e. The van der Waals surface area contributed by atoms with Gasteiger partial charge >= 0.3 is 0 Å². The number of halogens is 1. The molecule has 0 bridgehead atoms. The molecule has 41 heavy (non-hydrogen) atoms. The van der Waals surface area contributed by atoms with Crippen LogP contribution in [0.25, 0.3) is 0 Å². The van der Waals surface area contributed by atoms with Crippen molar-refractivity contribution >= 4 is 11.6 Å². The molecule has 8 heteroatoms. The molecule has 0 spiro atoms. The van der Waals surface area contributed by atoms with Crippen LogP contribution in [0.3, 0.4) is 0 Å². The van der Waals surface area contributed by atoms with E-state index < -0.39 is 6.10 Å². The molecule has 0 saturated carbocycles. The minimum absolute atomic E-state index is 0.522. The van der Waals surface area contributed by atoms with E-state index in [1.165, 1.54) is 11.1 Å². The third-order valence-corrected chi connectivity index (χ3v) is 7.10. The predicted molar refractivity (Wildman–Crippen MR) is 166 cm³/mol. The second-order valence-electron chi connectivity index (χ2n) is 10.1. The van der Waals surface area contributed by atoms with Gasteiger partial charge in [-0.2, -0.15) is 0 Å². The molecule has 0 aliphatic heterocycles. The Balaban J connectivity index is 1.21. The van der Waals surface area contributed by atoms with E-state index in [9.17, 15) is 5.11 Å². The van der Waals surface area contributed by atoms with Crippen LogP contribution < -0.4 is 16.0 Å². The van der Waals surface area contributed by atoms with Gasteiger partial charge in [-0.15, -0.1) is 0 Å². The number of nitrogens with zero attached hydrogens (tertiary/aromatic N) is 3. The molecule has 7 nitrogen and oxygen atoms in total. The van der Waals surface area contributed by atoms with Gasteiger partial charge in [0.1, 0.15) is 0 Å². The zero-order valence-corrected chi connectivity index (χ0v) is 24.3. The van der Waals surface area contributed by atoms with Crippen LogP contribution in [-0.4, -0.2) is 52.7 Å². The highest BCUT2D eigenvalue weighted by molar-refractivity contribution is 6.30. The molecule has 0 aliphatic carbocycles. The Morgan fingerprint density at radius 3 is 1.88 bits per heavy atom. The predicted octanol–water partition coefficient (Wildman–Crippen LogP) is 4.72. The molecule has 4 rings (SSSR count). The summed E-state index contributed by atoms with van der Waals surface area (Å²) in [7, 11) is 0.